The van der Waals surface area contributed by atoms with E-state index in [1.807, 2.05) is 30.3 Å². The molecule has 1 aliphatic carbocycles. The molecule has 4 heteroatoms. The normalized spacial score (nSPS) is 14.6. The van der Waals surface area contributed by atoms with Gasteiger partial charge in [0.05, 0.1) is 11.7 Å². The van der Waals surface area contributed by atoms with Crippen LogP contribution in [0.4, 0.5) is 0 Å². The standard InChI is InChI=1S/C19H21NO3/c20-19(21)17-11-10-16(22-13-14-6-2-1-3-7-14)12-18(17)23-15-8-4-5-9-15/h1-3,6-7,10-12,15H,4-5,8-9,13H2,(H2,20,21). The maximum Gasteiger partial charge on any atom is 0.252 e. The van der Waals surface area contributed by atoms with Crippen molar-refractivity contribution in [2.45, 2.75) is 38.4 Å². The van der Waals surface area contributed by atoms with Gasteiger partial charge in [0.2, 0.25) is 0 Å². The number of carbonyl (C=O) groups is 1. The van der Waals surface area contributed by atoms with Crippen molar-refractivity contribution in [3.05, 3.63) is 59.7 Å². The molecule has 1 amide bonds. The van der Waals surface area contributed by atoms with Crippen molar-refractivity contribution in [3.8, 4) is 11.5 Å². The van der Waals surface area contributed by atoms with Gasteiger partial charge in [0.1, 0.15) is 18.1 Å². The zero-order valence-electron chi connectivity index (χ0n) is 13.0. The summed E-state index contributed by atoms with van der Waals surface area (Å²) in [6.45, 7) is 0.472. The highest BCUT2D eigenvalue weighted by molar-refractivity contribution is 5.95. The average Bonchev–Trinajstić information content (AvgIpc) is 3.07. The Labute approximate surface area is 136 Å². The van der Waals surface area contributed by atoms with Crippen LogP contribution >= 0.6 is 0 Å². The number of hydrogen-bond acceptors (Lipinski definition) is 3. The lowest BCUT2D eigenvalue weighted by atomic mass is 10.1. The van der Waals surface area contributed by atoms with E-state index in [1.165, 1.54) is 12.8 Å². The van der Waals surface area contributed by atoms with Crippen LogP contribution in [0.25, 0.3) is 0 Å². The van der Waals surface area contributed by atoms with E-state index in [1.54, 1.807) is 18.2 Å². The minimum absolute atomic E-state index is 0.164. The Balaban J connectivity index is 1.74. The van der Waals surface area contributed by atoms with Gasteiger partial charge in [0.25, 0.3) is 5.91 Å². The minimum Gasteiger partial charge on any atom is -0.489 e. The molecule has 4 nitrogen and oxygen atoms in total. The number of benzene rings is 2. The molecule has 0 atom stereocenters. The third kappa shape index (κ3) is 4.03. The van der Waals surface area contributed by atoms with Gasteiger partial charge >= 0.3 is 0 Å². The van der Waals surface area contributed by atoms with Crippen LogP contribution < -0.4 is 15.2 Å². The van der Waals surface area contributed by atoms with E-state index >= 15 is 0 Å². The van der Waals surface area contributed by atoms with Crippen LogP contribution in [0.3, 0.4) is 0 Å². The smallest absolute Gasteiger partial charge is 0.252 e. The molecule has 0 saturated heterocycles. The number of carbonyl (C=O) groups excluding carboxylic acids is 1. The van der Waals surface area contributed by atoms with Gasteiger partial charge in [0.15, 0.2) is 0 Å². The second-order valence-electron chi connectivity index (χ2n) is 5.82. The third-order valence-electron chi connectivity index (χ3n) is 4.06. The van der Waals surface area contributed by atoms with E-state index in [2.05, 4.69) is 0 Å². The molecule has 0 aromatic heterocycles. The van der Waals surface area contributed by atoms with E-state index in [-0.39, 0.29) is 6.10 Å². The summed E-state index contributed by atoms with van der Waals surface area (Å²) in [7, 11) is 0. The molecule has 23 heavy (non-hydrogen) atoms. The molecular formula is C19H21NO3. The van der Waals surface area contributed by atoms with Crippen molar-refractivity contribution < 1.29 is 14.3 Å². The molecule has 1 aliphatic rings. The van der Waals surface area contributed by atoms with E-state index in [9.17, 15) is 4.79 Å². The summed E-state index contributed by atoms with van der Waals surface area (Å²) in [5.74, 6) is 0.717. The second-order valence-corrected chi connectivity index (χ2v) is 5.82. The lowest BCUT2D eigenvalue weighted by molar-refractivity contribution is 0.0993. The first-order chi connectivity index (χ1) is 11.2. The minimum atomic E-state index is -0.479. The highest BCUT2D eigenvalue weighted by Gasteiger charge is 2.20. The molecule has 3 rings (SSSR count). The fourth-order valence-corrected chi connectivity index (χ4v) is 2.82. The second kappa shape index (κ2) is 7.18. The first-order valence-corrected chi connectivity index (χ1v) is 7.99. The topological polar surface area (TPSA) is 61.6 Å². The van der Waals surface area contributed by atoms with Crippen LogP contribution in [0.2, 0.25) is 0 Å². The molecular weight excluding hydrogens is 290 g/mol. The van der Waals surface area contributed by atoms with E-state index in [0.717, 1.165) is 18.4 Å². The Kier molecular flexibility index (Phi) is 4.81. The van der Waals surface area contributed by atoms with Crippen LogP contribution in [0.15, 0.2) is 48.5 Å². The summed E-state index contributed by atoms with van der Waals surface area (Å²) in [6, 6.07) is 15.1. The van der Waals surface area contributed by atoms with Crippen molar-refractivity contribution >= 4 is 5.91 Å². The Bertz CT molecular complexity index is 664. The van der Waals surface area contributed by atoms with Gasteiger partial charge in [-0.2, -0.15) is 0 Å². The number of hydrogen-bond donors (Lipinski definition) is 1. The molecule has 0 heterocycles. The largest absolute Gasteiger partial charge is 0.489 e. The zero-order chi connectivity index (χ0) is 16.1. The summed E-state index contributed by atoms with van der Waals surface area (Å²) in [6.07, 6.45) is 4.54. The highest BCUT2D eigenvalue weighted by Crippen LogP contribution is 2.30. The molecule has 0 bridgehead atoms. The first-order valence-electron chi connectivity index (χ1n) is 7.99. The van der Waals surface area contributed by atoms with E-state index in [0.29, 0.717) is 23.7 Å². The maximum absolute atomic E-state index is 11.6. The predicted octanol–water partition coefficient (Wildman–Crippen LogP) is 3.69. The monoisotopic (exact) mass is 311 g/mol. The SMILES string of the molecule is NC(=O)c1ccc(OCc2ccccc2)cc1OC1CCCC1. The summed E-state index contributed by atoms with van der Waals surface area (Å²) in [5, 5.41) is 0. The molecule has 1 saturated carbocycles. The fourth-order valence-electron chi connectivity index (χ4n) is 2.82. The molecule has 0 aliphatic heterocycles. The number of rotatable bonds is 6. The van der Waals surface area contributed by atoms with Crippen molar-refractivity contribution in [1.82, 2.24) is 0 Å². The first kappa shape index (κ1) is 15.4. The summed E-state index contributed by atoms with van der Waals surface area (Å²) in [5.41, 5.74) is 6.94. The molecule has 0 unspecified atom stereocenters. The van der Waals surface area contributed by atoms with E-state index < -0.39 is 5.91 Å². The lowest BCUT2D eigenvalue weighted by Crippen LogP contribution is -2.17. The summed E-state index contributed by atoms with van der Waals surface area (Å²) in [4.78, 5) is 11.6. The van der Waals surface area contributed by atoms with Gasteiger partial charge < -0.3 is 15.2 Å². The number of ether oxygens (including phenoxy) is 2. The summed E-state index contributed by atoms with van der Waals surface area (Å²) >= 11 is 0. The van der Waals surface area contributed by atoms with Crippen LogP contribution in [0.1, 0.15) is 41.6 Å². The van der Waals surface area contributed by atoms with Crippen LogP contribution in [0, 0.1) is 0 Å². The molecule has 2 N–H and O–H groups in total. The third-order valence-corrected chi connectivity index (χ3v) is 4.06. The molecule has 1 fully saturated rings. The van der Waals surface area contributed by atoms with Gasteiger partial charge in [-0.05, 0) is 43.4 Å². The lowest BCUT2D eigenvalue weighted by Gasteiger charge is -2.16. The van der Waals surface area contributed by atoms with Gasteiger partial charge in [-0.25, -0.2) is 0 Å². The van der Waals surface area contributed by atoms with Crippen LogP contribution in [0.5, 0.6) is 11.5 Å². The molecule has 0 spiro atoms. The molecule has 2 aromatic carbocycles. The number of nitrogens with two attached hydrogens (primary N) is 1. The maximum atomic E-state index is 11.6. The Morgan fingerprint density at radius 1 is 1.09 bits per heavy atom. The number of amides is 1. The predicted molar refractivity (Wildman–Crippen MR) is 88.6 cm³/mol. The van der Waals surface area contributed by atoms with Crippen LogP contribution in [-0.4, -0.2) is 12.0 Å². The van der Waals surface area contributed by atoms with Gasteiger partial charge in [-0.1, -0.05) is 30.3 Å². The Morgan fingerprint density at radius 3 is 2.52 bits per heavy atom. The van der Waals surface area contributed by atoms with Crippen molar-refractivity contribution in [1.29, 1.82) is 0 Å². The Morgan fingerprint density at radius 2 is 1.83 bits per heavy atom. The van der Waals surface area contributed by atoms with Gasteiger partial charge in [-0.3, -0.25) is 4.79 Å². The van der Waals surface area contributed by atoms with Crippen LogP contribution in [-0.2, 0) is 6.61 Å². The average molecular weight is 311 g/mol. The molecule has 2 aromatic rings. The number of primary amides is 1. The van der Waals surface area contributed by atoms with Crippen molar-refractivity contribution in [3.63, 3.8) is 0 Å². The van der Waals surface area contributed by atoms with Gasteiger partial charge in [0, 0.05) is 6.07 Å². The van der Waals surface area contributed by atoms with Crippen molar-refractivity contribution in [2.24, 2.45) is 5.73 Å². The van der Waals surface area contributed by atoms with E-state index in [4.69, 9.17) is 15.2 Å². The van der Waals surface area contributed by atoms with Crippen molar-refractivity contribution in [2.75, 3.05) is 0 Å². The van der Waals surface area contributed by atoms with Gasteiger partial charge in [-0.15, -0.1) is 0 Å². The quantitative estimate of drug-likeness (QED) is 0.885. The molecule has 120 valence electrons. The fraction of sp³-hybridized carbons (Fsp3) is 0.316. The zero-order valence-corrected chi connectivity index (χ0v) is 13.0. The Hall–Kier alpha value is -2.49. The summed E-state index contributed by atoms with van der Waals surface area (Å²) < 4.78 is 11.8. The molecule has 0 radical (unpaired) electrons. The highest BCUT2D eigenvalue weighted by atomic mass is 16.5.